The average molecular weight is 378 g/mol. The normalized spacial score (nSPS) is 16.0. The molecule has 0 saturated heterocycles. The van der Waals surface area contributed by atoms with Gasteiger partial charge in [-0.25, -0.2) is 4.39 Å². The van der Waals surface area contributed by atoms with Crippen molar-refractivity contribution in [3.8, 4) is 5.75 Å². The van der Waals surface area contributed by atoms with Crippen molar-refractivity contribution in [1.82, 2.24) is 9.80 Å². The Balaban J connectivity index is 2.43. The largest absolute Gasteiger partial charge is 0.489 e. The highest BCUT2D eigenvalue weighted by atomic mass is 79.9. The SMILES string of the molecule is CC(C)Oc1c([C@H](C)N2C=CN(C)C2)cc(Cl)c(F)c1Br. The van der Waals surface area contributed by atoms with E-state index in [9.17, 15) is 4.39 Å². The van der Waals surface area contributed by atoms with Crippen molar-refractivity contribution in [3.63, 3.8) is 0 Å². The van der Waals surface area contributed by atoms with Crippen LogP contribution in [0, 0.1) is 5.82 Å². The third-order valence-corrected chi connectivity index (χ3v) is 4.33. The van der Waals surface area contributed by atoms with E-state index in [-0.39, 0.29) is 21.6 Å². The summed E-state index contributed by atoms with van der Waals surface area (Å²) in [6.45, 7) is 6.65. The van der Waals surface area contributed by atoms with E-state index in [0.717, 1.165) is 12.2 Å². The summed E-state index contributed by atoms with van der Waals surface area (Å²) in [5.74, 6) is 0.0275. The van der Waals surface area contributed by atoms with Crippen LogP contribution < -0.4 is 4.74 Å². The molecule has 1 aliphatic rings. The summed E-state index contributed by atoms with van der Waals surface area (Å²) in [6, 6.07) is 1.67. The molecule has 0 saturated carbocycles. The van der Waals surface area contributed by atoms with E-state index in [1.54, 1.807) is 6.07 Å². The standard InChI is InChI=1S/C15H19BrClFN2O/c1-9(2)21-15-11(7-12(17)14(18)13(15)16)10(3)20-6-5-19(4)8-20/h5-7,9-10H,8H2,1-4H3/t10-/m0/s1. The fraction of sp³-hybridized carbons (Fsp3) is 0.467. The highest BCUT2D eigenvalue weighted by molar-refractivity contribution is 9.10. The number of nitrogens with zero attached hydrogens (tertiary/aromatic N) is 2. The Morgan fingerprint density at radius 1 is 1.33 bits per heavy atom. The molecule has 0 N–H and O–H groups in total. The van der Waals surface area contributed by atoms with Crippen LogP contribution in [0.1, 0.15) is 32.4 Å². The Bertz CT molecular complexity index is 565. The fourth-order valence-corrected chi connectivity index (χ4v) is 3.11. The zero-order chi connectivity index (χ0) is 15.7. The highest BCUT2D eigenvalue weighted by Gasteiger charge is 2.25. The van der Waals surface area contributed by atoms with Gasteiger partial charge in [0.1, 0.15) is 5.75 Å². The lowest BCUT2D eigenvalue weighted by Crippen LogP contribution is -2.26. The zero-order valence-corrected chi connectivity index (χ0v) is 14.9. The van der Waals surface area contributed by atoms with Crippen LogP contribution in [0.5, 0.6) is 5.75 Å². The number of halogens is 3. The maximum Gasteiger partial charge on any atom is 0.159 e. The lowest BCUT2D eigenvalue weighted by Gasteiger charge is -2.28. The molecule has 2 rings (SSSR count). The van der Waals surface area contributed by atoms with Gasteiger partial charge in [0.05, 0.1) is 28.3 Å². The minimum atomic E-state index is -0.489. The first-order chi connectivity index (χ1) is 9.81. The molecule has 1 atom stereocenters. The predicted molar refractivity (Wildman–Crippen MR) is 86.9 cm³/mol. The molecule has 0 bridgehead atoms. The van der Waals surface area contributed by atoms with E-state index >= 15 is 0 Å². The Morgan fingerprint density at radius 3 is 2.52 bits per heavy atom. The van der Waals surface area contributed by atoms with Crippen LogP contribution in [-0.4, -0.2) is 29.6 Å². The first-order valence-electron chi connectivity index (χ1n) is 6.79. The van der Waals surface area contributed by atoms with Gasteiger partial charge < -0.3 is 14.5 Å². The predicted octanol–water partition coefficient (Wildman–Crippen LogP) is 4.77. The molecule has 0 aliphatic carbocycles. The monoisotopic (exact) mass is 376 g/mol. The molecule has 0 radical (unpaired) electrons. The van der Waals surface area contributed by atoms with Gasteiger partial charge in [0.15, 0.2) is 5.82 Å². The summed E-state index contributed by atoms with van der Waals surface area (Å²) in [5, 5.41) is 0.0939. The van der Waals surface area contributed by atoms with Crippen molar-refractivity contribution in [2.45, 2.75) is 32.9 Å². The van der Waals surface area contributed by atoms with Gasteiger partial charge in [0.2, 0.25) is 0 Å². The first kappa shape index (κ1) is 16.4. The molecule has 116 valence electrons. The van der Waals surface area contributed by atoms with Crippen molar-refractivity contribution >= 4 is 27.5 Å². The minimum Gasteiger partial charge on any atom is -0.489 e. The Kier molecular flexibility index (Phi) is 5.04. The molecule has 0 spiro atoms. The van der Waals surface area contributed by atoms with Crippen LogP contribution in [-0.2, 0) is 0 Å². The second-order valence-electron chi connectivity index (χ2n) is 5.46. The number of hydrogen-bond acceptors (Lipinski definition) is 3. The van der Waals surface area contributed by atoms with Crippen LogP contribution >= 0.6 is 27.5 Å². The first-order valence-corrected chi connectivity index (χ1v) is 7.96. The smallest absolute Gasteiger partial charge is 0.159 e. The third-order valence-electron chi connectivity index (χ3n) is 3.35. The van der Waals surface area contributed by atoms with E-state index in [1.165, 1.54) is 0 Å². The van der Waals surface area contributed by atoms with Crippen molar-refractivity contribution in [2.75, 3.05) is 13.7 Å². The highest BCUT2D eigenvalue weighted by Crippen LogP contribution is 2.41. The second-order valence-corrected chi connectivity index (χ2v) is 6.66. The lowest BCUT2D eigenvalue weighted by atomic mass is 10.1. The molecule has 0 fully saturated rings. The molecule has 6 heteroatoms. The number of rotatable bonds is 4. The Morgan fingerprint density at radius 2 is 2.00 bits per heavy atom. The summed E-state index contributed by atoms with van der Waals surface area (Å²) in [7, 11) is 2.00. The van der Waals surface area contributed by atoms with Crippen molar-refractivity contribution in [3.05, 3.63) is 39.3 Å². The van der Waals surface area contributed by atoms with E-state index in [4.69, 9.17) is 16.3 Å². The fourth-order valence-electron chi connectivity index (χ4n) is 2.24. The van der Waals surface area contributed by atoms with Gasteiger partial charge in [-0.1, -0.05) is 11.6 Å². The summed E-state index contributed by atoms with van der Waals surface area (Å²) < 4.78 is 20.1. The van der Waals surface area contributed by atoms with E-state index in [2.05, 4.69) is 25.7 Å². The van der Waals surface area contributed by atoms with Gasteiger partial charge in [-0.05, 0) is 42.8 Å². The molecule has 1 heterocycles. The molecule has 0 aromatic heterocycles. The molecule has 0 amide bonds. The van der Waals surface area contributed by atoms with Crippen molar-refractivity contribution in [2.24, 2.45) is 0 Å². The number of ether oxygens (including phenoxy) is 1. The maximum absolute atomic E-state index is 14.0. The van der Waals surface area contributed by atoms with Gasteiger partial charge in [0, 0.05) is 25.0 Å². The van der Waals surface area contributed by atoms with Gasteiger partial charge >= 0.3 is 0 Å². The Labute approximate surface area is 138 Å². The topological polar surface area (TPSA) is 15.7 Å². The Hall–Kier alpha value is -0.940. The van der Waals surface area contributed by atoms with Crippen LogP contribution in [0.3, 0.4) is 0 Å². The maximum atomic E-state index is 14.0. The van der Waals surface area contributed by atoms with E-state index in [0.29, 0.717) is 5.75 Å². The molecule has 1 aromatic carbocycles. The van der Waals surface area contributed by atoms with Crippen molar-refractivity contribution < 1.29 is 9.13 Å². The second kappa shape index (κ2) is 6.44. The summed E-state index contributed by atoms with van der Waals surface area (Å²) in [6.07, 6.45) is 3.96. The van der Waals surface area contributed by atoms with E-state index in [1.807, 2.05) is 40.2 Å². The van der Waals surface area contributed by atoms with Crippen LogP contribution in [0.15, 0.2) is 22.9 Å². The summed E-state index contributed by atoms with van der Waals surface area (Å²) >= 11 is 9.27. The lowest BCUT2D eigenvalue weighted by molar-refractivity contribution is 0.215. The van der Waals surface area contributed by atoms with Gasteiger partial charge in [-0.15, -0.1) is 0 Å². The molecule has 21 heavy (non-hydrogen) atoms. The molecule has 1 aliphatic heterocycles. The van der Waals surface area contributed by atoms with Crippen LogP contribution in [0.4, 0.5) is 4.39 Å². The zero-order valence-electron chi connectivity index (χ0n) is 12.5. The summed E-state index contributed by atoms with van der Waals surface area (Å²) in [4.78, 5) is 4.21. The molecule has 0 unspecified atom stereocenters. The van der Waals surface area contributed by atoms with Gasteiger partial charge in [-0.2, -0.15) is 0 Å². The van der Waals surface area contributed by atoms with Crippen molar-refractivity contribution in [1.29, 1.82) is 0 Å². The quantitative estimate of drug-likeness (QED) is 0.703. The molecule has 1 aromatic rings. The van der Waals surface area contributed by atoms with Gasteiger partial charge in [0.25, 0.3) is 0 Å². The number of benzene rings is 1. The average Bonchev–Trinajstić information content (AvgIpc) is 2.84. The van der Waals surface area contributed by atoms with Crippen LogP contribution in [0.25, 0.3) is 0 Å². The summed E-state index contributed by atoms with van der Waals surface area (Å²) in [5.41, 5.74) is 0.863. The van der Waals surface area contributed by atoms with Crippen LogP contribution in [0.2, 0.25) is 5.02 Å². The van der Waals surface area contributed by atoms with E-state index < -0.39 is 5.82 Å². The number of hydrogen-bond donors (Lipinski definition) is 0. The third kappa shape index (κ3) is 3.46. The molecule has 3 nitrogen and oxygen atoms in total. The van der Waals surface area contributed by atoms with Gasteiger partial charge in [-0.3, -0.25) is 0 Å². The minimum absolute atomic E-state index is 0.0225. The molecular formula is C15H19BrClFN2O. The molecular weight excluding hydrogens is 359 g/mol.